The number of aryl methyl sites for hydroxylation is 1. The number of hydrogen-bond donors (Lipinski definition) is 1. The summed E-state index contributed by atoms with van der Waals surface area (Å²) in [6.07, 6.45) is 0.0808. The molecule has 0 amide bonds. The van der Waals surface area contributed by atoms with E-state index in [2.05, 4.69) is 13.0 Å². The molecule has 0 saturated heterocycles. The number of benzene rings is 4. The van der Waals surface area contributed by atoms with Crippen LogP contribution >= 0.6 is 11.6 Å². The van der Waals surface area contributed by atoms with Gasteiger partial charge in [-0.15, -0.1) is 0 Å². The minimum atomic E-state index is -0.835. The number of rotatable bonds is 9. The van der Waals surface area contributed by atoms with Crippen LogP contribution in [0.2, 0.25) is 5.02 Å². The number of fused-ring (bicyclic) bond motifs is 1. The number of halogens is 1. The van der Waals surface area contributed by atoms with E-state index >= 15 is 0 Å². The van der Waals surface area contributed by atoms with Gasteiger partial charge in [0.25, 0.3) is 0 Å². The van der Waals surface area contributed by atoms with Gasteiger partial charge in [-0.05, 0) is 72.5 Å². The second-order valence-corrected chi connectivity index (χ2v) is 10.2. The number of esters is 1. The molecule has 212 valence electrons. The van der Waals surface area contributed by atoms with Crippen molar-refractivity contribution in [2.24, 2.45) is 5.73 Å². The average molecular weight is 581 g/mol. The molecule has 4 aromatic carbocycles. The Labute approximate surface area is 249 Å². The molecule has 0 aromatic heterocycles. The number of nitriles is 1. The number of nitrogens with zero attached hydrogens (tertiary/aromatic N) is 1. The minimum Gasteiger partial charge on any atom is -0.489 e. The van der Waals surface area contributed by atoms with Gasteiger partial charge in [0.2, 0.25) is 5.88 Å². The zero-order valence-electron chi connectivity index (χ0n) is 23.2. The van der Waals surface area contributed by atoms with E-state index in [-0.39, 0.29) is 17.2 Å². The van der Waals surface area contributed by atoms with Crippen LogP contribution < -0.4 is 24.7 Å². The molecule has 1 aliphatic heterocycles. The summed E-state index contributed by atoms with van der Waals surface area (Å²) in [5.41, 5.74) is 10.2. The zero-order chi connectivity index (χ0) is 29.6. The third-order valence-corrected chi connectivity index (χ3v) is 7.17. The molecule has 2 N–H and O–H groups in total. The molecule has 42 heavy (non-hydrogen) atoms. The van der Waals surface area contributed by atoms with Crippen LogP contribution in [0.1, 0.15) is 42.0 Å². The molecule has 0 fully saturated rings. The third-order valence-electron chi connectivity index (χ3n) is 6.92. The quantitative estimate of drug-likeness (QED) is 0.167. The monoisotopic (exact) mass is 580 g/mol. The average Bonchev–Trinajstić information content (AvgIpc) is 3.00. The maximum absolute atomic E-state index is 12.8. The number of nitrogens with two attached hydrogens (primary N) is 1. The molecular weight excluding hydrogens is 552 g/mol. The normalized spacial score (nSPS) is 14.7. The first-order chi connectivity index (χ1) is 20.3. The van der Waals surface area contributed by atoms with Gasteiger partial charge in [-0.1, -0.05) is 61.0 Å². The smallest absolute Gasteiger partial charge is 0.352 e. The van der Waals surface area contributed by atoms with E-state index in [0.29, 0.717) is 28.9 Å². The maximum atomic E-state index is 12.8. The van der Waals surface area contributed by atoms with E-state index in [9.17, 15) is 10.1 Å². The van der Waals surface area contributed by atoms with Crippen molar-refractivity contribution in [2.75, 3.05) is 0 Å². The van der Waals surface area contributed by atoms with Crippen molar-refractivity contribution in [1.29, 1.82) is 5.26 Å². The number of ether oxygens (including phenoxy) is 4. The second-order valence-electron chi connectivity index (χ2n) is 9.79. The van der Waals surface area contributed by atoms with E-state index in [1.165, 1.54) is 5.56 Å². The van der Waals surface area contributed by atoms with E-state index in [1.54, 1.807) is 25.1 Å². The Bertz CT molecular complexity index is 1640. The first-order valence-electron chi connectivity index (χ1n) is 13.5. The predicted octanol–water partition coefficient (Wildman–Crippen LogP) is 7.07. The van der Waals surface area contributed by atoms with Gasteiger partial charge in [0.15, 0.2) is 6.10 Å². The molecule has 0 aliphatic carbocycles. The van der Waals surface area contributed by atoms with Gasteiger partial charge in [0, 0.05) is 16.7 Å². The van der Waals surface area contributed by atoms with Crippen LogP contribution in [0.5, 0.6) is 23.0 Å². The van der Waals surface area contributed by atoms with Gasteiger partial charge < -0.3 is 24.7 Å². The van der Waals surface area contributed by atoms with Gasteiger partial charge in [-0.25, -0.2) is 4.79 Å². The summed E-state index contributed by atoms with van der Waals surface area (Å²) in [7, 11) is 0. The van der Waals surface area contributed by atoms with Crippen LogP contribution in [0.15, 0.2) is 102 Å². The van der Waals surface area contributed by atoms with E-state index in [4.69, 9.17) is 36.3 Å². The van der Waals surface area contributed by atoms with Crippen molar-refractivity contribution >= 4 is 17.6 Å². The fourth-order valence-electron chi connectivity index (χ4n) is 4.60. The van der Waals surface area contributed by atoms with Crippen LogP contribution in [-0.2, 0) is 17.8 Å². The van der Waals surface area contributed by atoms with Crippen molar-refractivity contribution in [3.05, 3.63) is 130 Å². The second kappa shape index (κ2) is 12.7. The summed E-state index contributed by atoms with van der Waals surface area (Å²) in [5, 5.41) is 10.6. The molecule has 2 unspecified atom stereocenters. The molecule has 0 radical (unpaired) electrons. The van der Waals surface area contributed by atoms with Crippen LogP contribution in [0, 0.1) is 11.3 Å². The molecule has 0 saturated carbocycles. The number of carbonyl (C=O) groups is 1. The van der Waals surface area contributed by atoms with Crippen molar-refractivity contribution < 1.29 is 23.7 Å². The topological polar surface area (TPSA) is 104 Å². The molecule has 8 heteroatoms. The van der Waals surface area contributed by atoms with Crippen molar-refractivity contribution in [1.82, 2.24) is 0 Å². The number of allylic oxidation sites excluding steroid dienone is 1. The summed E-state index contributed by atoms with van der Waals surface area (Å²) in [5.74, 6) is 0.892. The van der Waals surface area contributed by atoms with Gasteiger partial charge in [0.05, 0.1) is 5.92 Å². The summed E-state index contributed by atoms with van der Waals surface area (Å²) >= 11 is 5.96. The molecule has 1 aliphatic rings. The lowest BCUT2D eigenvalue weighted by atomic mass is 9.83. The molecule has 1 heterocycles. The van der Waals surface area contributed by atoms with Gasteiger partial charge in [0.1, 0.15) is 41.2 Å². The van der Waals surface area contributed by atoms with Crippen molar-refractivity contribution in [3.63, 3.8) is 0 Å². The highest BCUT2D eigenvalue weighted by Gasteiger charge is 2.31. The van der Waals surface area contributed by atoms with Crippen molar-refractivity contribution in [2.45, 2.75) is 38.9 Å². The maximum Gasteiger partial charge on any atom is 0.352 e. The Morgan fingerprint density at radius 2 is 1.60 bits per heavy atom. The first kappa shape index (κ1) is 28.6. The third kappa shape index (κ3) is 6.51. The van der Waals surface area contributed by atoms with Gasteiger partial charge >= 0.3 is 5.97 Å². The van der Waals surface area contributed by atoms with Crippen LogP contribution in [0.3, 0.4) is 0 Å². The van der Waals surface area contributed by atoms with Crippen LogP contribution in [0.25, 0.3) is 0 Å². The minimum absolute atomic E-state index is 0.00577. The molecule has 2 atom stereocenters. The summed E-state index contributed by atoms with van der Waals surface area (Å²) in [6.45, 7) is 4.09. The molecular formula is C34H29ClN2O5. The fourth-order valence-corrected chi connectivity index (χ4v) is 4.73. The molecule has 0 spiro atoms. The lowest BCUT2D eigenvalue weighted by Gasteiger charge is -2.27. The van der Waals surface area contributed by atoms with E-state index < -0.39 is 18.0 Å². The lowest BCUT2D eigenvalue weighted by molar-refractivity contribution is -0.141. The fraction of sp³-hybridized carbons (Fsp3) is 0.176. The standard InChI is InChI=1S/C34H29ClN2O5/c1-3-22-6-12-27(13-7-22)40-21(2)34(38)41-28-16-17-29-31(18-28)42-33(37)30(19-36)32(29)24-8-14-26(15-9-24)39-20-23-4-10-25(35)11-5-23/h4-18,21,32H,3,20,37H2,1-2H3. The Kier molecular flexibility index (Phi) is 8.66. The Morgan fingerprint density at radius 3 is 2.26 bits per heavy atom. The molecule has 7 nitrogen and oxygen atoms in total. The lowest BCUT2D eigenvalue weighted by Crippen LogP contribution is -2.28. The Morgan fingerprint density at radius 1 is 0.952 bits per heavy atom. The van der Waals surface area contributed by atoms with Crippen LogP contribution in [-0.4, -0.2) is 12.1 Å². The summed E-state index contributed by atoms with van der Waals surface area (Å²) < 4.78 is 23.0. The Hall–Kier alpha value is -4.93. The van der Waals surface area contributed by atoms with Gasteiger partial charge in [-0.2, -0.15) is 5.26 Å². The summed E-state index contributed by atoms with van der Waals surface area (Å²) in [4.78, 5) is 12.8. The molecule has 5 rings (SSSR count). The first-order valence-corrected chi connectivity index (χ1v) is 13.9. The molecule has 4 aromatic rings. The highest BCUT2D eigenvalue weighted by molar-refractivity contribution is 6.30. The van der Waals surface area contributed by atoms with Gasteiger partial charge in [-0.3, -0.25) is 0 Å². The molecule has 0 bridgehead atoms. The SMILES string of the molecule is CCc1ccc(OC(C)C(=O)Oc2ccc3c(c2)OC(N)=C(C#N)C3c2ccc(OCc3ccc(Cl)cc3)cc2)cc1. The largest absolute Gasteiger partial charge is 0.489 e. The Balaban J connectivity index is 1.30. The highest BCUT2D eigenvalue weighted by Crippen LogP contribution is 2.43. The highest BCUT2D eigenvalue weighted by atomic mass is 35.5. The number of hydrogen-bond acceptors (Lipinski definition) is 7. The van der Waals surface area contributed by atoms with Crippen molar-refractivity contribution in [3.8, 4) is 29.1 Å². The van der Waals surface area contributed by atoms with Crippen LogP contribution in [0.4, 0.5) is 0 Å². The number of carbonyl (C=O) groups excluding carboxylic acids is 1. The zero-order valence-corrected chi connectivity index (χ0v) is 23.9. The predicted molar refractivity (Wildman–Crippen MR) is 160 cm³/mol. The van der Waals surface area contributed by atoms with E-state index in [1.807, 2.05) is 72.8 Å². The van der Waals surface area contributed by atoms with E-state index in [0.717, 1.165) is 23.1 Å². The summed E-state index contributed by atoms with van der Waals surface area (Å²) in [6, 6.07) is 29.7.